The summed E-state index contributed by atoms with van der Waals surface area (Å²) in [4.78, 5) is 10.6. The molecule has 1 aliphatic rings. The molecule has 0 amide bonds. The van der Waals surface area contributed by atoms with Gasteiger partial charge in [-0.3, -0.25) is 10.1 Å². The van der Waals surface area contributed by atoms with Crippen LogP contribution in [0.3, 0.4) is 0 Å². The van der Waals surface area contributed by atoms with Crippen molar-refractivity contribution in [1.29, 1.82) is 0 Å². The highest BCUT2D eigenvalue weighted by atomic mass is 32.2. The topological polar surface area (TPSA) is 80.5 Å². The van der Waals surface area contributed by atoms with Gasteiger partial charge in [-0.2, -0.15) is 4.31 Å². The van der Waals surface area contributed by atoms with E-state index in [0.29, 0.717) is 11.1 Å². The van der Waals surface area contributed by atoms with Crippen molar-refractivity contribution in [3.05, 3.63) is 33.4 Å². The Morgan fingerprint density at radius 2 is 1.70 bits per heavy atom. The van der Waals surface area contributed by atoms with E-state index in [1.54, 1.807) is 20.9 Å². The average Bonchev–Trinajstić information content (AvgIpc) is 2.77. The van der Waals surface area contributed by atoms with Gasteiger partial charge in [0.25, 0.3) is 5.69 Å². The van der Waals surface area contributed by atoms with Gasteiger partial charge in [0, 0.05) is 25.2 Å². The molecule has 0 unspecified atom stereocenters. The molecule has 0 aliphatic heterocycles. The lowest BCUT2D eigenvalue weighted by atomic mass is 10.1. The predicted molar refractivity (Wildman–Crippen MR) is 89.0 cm³/mol. The van der Waals surface area contributed by atoms with Crippen LogP contribution in [0.1, 0.15) is 49.7 Å². The average molecular weight is 340 g/mol. The minimum absolute atomic E-state index is 0.0264. The van der Waals surface area contributed by atoms with E-state index < -0.39 is 14.9 Å². The van der Waals surface area contributed by atoms with Gasteiger partial charge in [0.1, 0.15) is 0 Å². The molecular formula is C16H24N2O4S. The summed E-state index contributed by atoms with van der Waals surface area (Å²) in [5, 5.41) is 11.1. The molecule has 6 nitrogen and oxygen atoms in total. The number of nitrogens with zero attached hydrogens (tertiary/aromatic N) is 2. The van der Waals surface area contributed by atoms with E-state index in [0.717, 1.165) is 38.5 Å². The fraction of sp³-hybridized carbons (Fsp3) is 0.625. The maximum absolute atomic E-state index is 13.0. The number of hydrogen-bond acceptors (Lipinski definition) is 4. The molecule has 0 N–H and O–H groups in total. The van der Waals surface area contributed by atoms with Crippen LogP contribution in [0.4, 0.5) is 5.69 Å². The Morgan fingerprint density at radius 3 is 2.22 bits per heavy atom. The lowest BCUT2D eigenvalue weighted by Gasteiger charge is -2.27. The number of aryl methyl sites for hydroxylation is 1. The fourth-order valence-electron chi connectivity index (χ4n) is 3.15. The minimum Gasteiger partial charge on any atom is -0.258 e. The van der Waals surface area contributed by atoms with Crippen LogP contribution in [0.2, 0.25) is 0 Å². The van der Waals surface area contributed by atoms with Crippen molar-refractivity contribution in [2.24, 2.45) is 0 Å². The van der Waals surface area contributed by atoms with E-state index in [-0.39, 0.29) is 16.6 Å². The third kappa shape index (κ3) is 3.72. The van der Waals surface area contributed by atoms with Gasteiger partial charge < -0.3 is 0 Å². The lowest BCUT2D eigenvalue weighted by Crippen LogP contribution is -2.37. The molecule has 1 aromatic carbocycles. The molecule has 0 heterocycles. The van der Waals surface area contributed by atoms with Gasteiger partial charge in [-0.15, -0.1) is 0 Å². The van der Waals surface area contributed by atoms with Crippen LogP contribution >= 0.6 is 0 Å². The Morgan fingerprint density at radius 1 is 1.13 bits per heavy atom. The third-order valence-electron chi connectivity index (χ3n) is 4.81. The smallest absolute Gasteiger partial charge is 0.258 e. The number of nitro benzene ring substituents is 1. The van der Waals surface area contributed by atoms with Gasteiger partial charge >= 0.3 is 0 Å². The number of sulfonamides is 1. The van der Waals surface area contributed by atoms with Crippen LogP contribution in [0, 0.1) is 24.0 Å². The highest BCUT2D eigenvalue weighted by molar-refractivity contribution is 7.89. The first-order valence-corrected chi connectivity index (χ1v) is 9.43. The second-order valence-corrected chi connectivity index (χ2v) is 8.28. The van der Waals surface area contributed by atoms with Crippen LogP contribution in [0.5, 0.6) is 0 Å². The summed E-state index contributed by atoms with van der Waals surface area (Å²) >= 11 is 0. The van der Waals surface area contributed by atoms with Crippen LogP contribution in [0.25, 0.3) is 0 Å². The maximum atomic E-state index is 13.0. The van der Waals surface area contributed by atoms with Crippen molar-refractivity contribution in [3.8, 4) is 0 Å². The number of nitro groups is 1. The molecule has 1 fully saturated rings. The van der Waals surface area contributed by atoms with Gasteiger partial charge in [-0.05, 0) is 37.8 Å². The molecule has 0 saturated heterocycles. The Balaban J connectivity index is 2.44. The molecule has 128 valence electrons. The minimum atomic E-state index is -3.74. The summed E-state index contributed by atoms with van der Waals surface area (Å²) in [5.41, 5.74) is 1.02. The lowest BCUT2D eigenvalue weighted by molar-refractivity contribution is -0.385. The second kappa shape index (κ2) is 6.97. The Labute approximate surface area is 137 Å². The van der Waals surface area contributed by atoms with E-state index in [1.807, 2.05) is 0 Å². The van der Waals surface area contributed by atoms with Crippen molar-refractivity contribution in [3.63, 3.8) is 0 Å². The Kier molecular flexibility index (Phi) is 5.41. The summed E-state index contributed by atoms with van der Waals surface area (Å²) in [6.07, 6.45) is 6.03. The zero-order valence-corrected chi connectivity index (χ0v) is 14.7. The molecule has 0 aromatic heterocycles. The first-order valence-electron chi connectivity index (χ1n) is 7.99. The normalized spacial score (nSPS) is 17.2. The zero-order valence-electron chi connectivity index (χ0n) is 13.9. The molecule has 1 saturated carbocycles. The standard InChI is InChI=1S/C16H24N2O4S/c1-12-10-15(18(19)20)11-16(13(12)2)23(21,22)17(3)14-8-6-4-5-7-9-14/h10-11,14H,4-9H2,1-3H3. The van der Waals surface area contributed by atoms with Crippen molar-refractivity contribution in [2.75, 3.05) is 7.05 Å². The van der Waals surface area contributed by atoms with Crippen molar-refractivity contribution in [1.82, 2.24) is 4.31 Å². The molecule has 7 heteroatoms. The monoisotopic (exact) mass is 340 g/mol. The van der Waals surface area contributed by atoms with Gasteiger partial charge in [-0.1, -0.05) is 25.7 Å². The van der Waals surface area contributed by atoms with Crippen LogP contribution in [-0.4, -0.2) is 30.7 Å². The van der Waals surface area contributed by atoms with E-state index in [1.165, 1.54) is 16.4 Å². The summed E-state index contributed by atoms with van der Waals surface area (Å²) < 4.78 is 27.4. The molecule has 23 heavy (non-hydrogen) atoms. The van der Waals surface area contributed by atoms with Crippen molar-refractivity contribution >= 4 is 15.7 Å². The van der Waals surface area contributed by atoms with E-state index in [9.17, 15) is 18.5 Å². The third-order valence-corrected chi connectivity index (χ3v) is 6.85. The molecule has 2 rings (SSSR count). The summed E-state index contributed by atoms with van der Waals surface area (Å²) in [6.45, 7) is 3.40. The van der Waals surface area contributed by atoms with Crippen LogP contribution in [0.15, 0.2) is 17.0 Å². The highest BCUT2D eigenvalue weighted by Gasteiger charge is 2.31. The van der Waals surface area contributed by atoms with E-state index >= 15 is 0 Å². The molecule has 0 atom stereocenters. The first-order chi connectivity index (χ1) is 10.7. The molecule has 0 spiro atoms. The highest BCUT2D eigenvalue weighted by Crippen LogP contribution is 2.30. The van der Waals surface area contributed by atoms with Gasteiger partial charge in [-0.25, -0.2) is 8.42 Å². The van der Waals surface area contributed by atoms with Crippen molar-refractivity contribution in [2.45, 2.75) is 63.3 Å². The first kappa shape index (κ1) is 17.9. The Hall–Kier alpha value is -1.47. The second-order valence-electron chi connectivity index (χ2n) is 6.31. The van der Waals surface area contributed by atoms with Crippen LogP contribution < -0.4 is 0 Å². The maximum Gasteiger partial charge on any atom is 0.271 e. The molecule has 1 aliphatic carbocycles. The van der Waals surface area contributed by atoms with E-state index in [2.05, 4.69) is 0 Å². The van der Waals surface area contributed by atoms with Gasteiger partial charge in [0.05, 0.1) is 9.82 Å². The SMILES string of the molecule is Cc1cc([N+](=O)[O-])cc(S(=O)(=O)N(C)C2CCCCCC2)c1C. The molecule has 0 bridgehead atoms. The predicted octanol–water partition coefficient (Wildman–Crippen LogP) is 3.55. The quantitative estimate of drug-likeness (QED) is 0.477. The van der Waals surface area contributed by atoms with Crippen LogP contribution in [-0.2, 0) is 10.0 Å². The summed E-state index contributed by atoms with van der Waals surface area (Å²) in [6, 6.07) is 2.58. The van der Waals surface area contributed by atoms with Crippen molar-refractivity contribution < 1.29 is 13.3 Å². The largest absolute Gasteiger partial charge is 0.271 e. The van der Waals surface area contributed by atoms with E-state index in [4.69, 9.17) is 0 Å². The number of hydrogen-bond donors (Lipinski definition) is 0. The number of rotatable bonds is 4. The zero-order chi connectivity index (χ0) is 17.2. The molecule has 1 aromatic rings. The fourth-order valence-corrected chi connectivity index (χ4v) is 4.89. The molecular weight excluding hydrogens is 316 g/mol. The van der Waals surface area contributed by atoms with Gasteiger partial charge in [0.15, 0.2) is 0 Å². The summed E-state index contributed by atoms with van der Waals surface area (Å²) in [7, 11) is -2.14. The van der Waals surface area contributed by atoms with Gasteiger partial charge in [0.2, 0.25) is 10.0 Å². The number of non-ortho nitro benzene ring substituents is 1. The molecule has 0 radical (unpaired) electrons. The Bertz CT molecular complexity index is 692. The summed E-state index contributed by atoms with van der Waals surface area (Å²) in [5.74, 6) is 0. The number of benzene rings is 1.